The van der Waals surface area contributed by atoms with Crippen molar-refractivity contribution in [2.24, 2.45) is 0 Å². The number of rotatable bonds is 8. The van der Waals surface area contributed by atoms with E-state index in [2.05, 4.69) is 10.4 Å². The molecule has 9 heteroatoms. The lowest BCUT2D eigenvalue weighted by Gasteiger charge is -2.10. The SMILES string of the molecule is CCCn1nc(C(=O)OCC(=O)Nc2cc(OC)cc(OC)c2)ccc1=O. The summed E-state index contributed by atoms with van der Waals surface area (Å²) in [5, 5.41) is 6.52. The van der Waals surface area contributed by atoms with Crippen molar-refractivity contribution in [3.63, 3.8) is 0 Å². The molecule has 0 fully saturated rings. The number of amides is 1. The van der Waals surface area contributed by atoms with Gasteiger partial charge >= 0.3 is 5.97 Å². The third-order valence-electron chi connectivity index (χ3n) is 3.48. The molecule has 0 saturated carbocycles. The van der Waals surface area contributed by atoms with Crippen molar-refractivity contribution in [3.8, 4) is 11.5 Å². The van der Waals surface area contributed by atoms with Crippen LogP contribution in [0.15, 0.2) is 35.1 Å². The third kappa shape index (κ3) is 5.56. The van der Waals surface area contributed by atoms with E-state index in [0.717, 1.165) is 0 Å². The average molecular weight is 375 g/mol. The summed E-state index contributed by atoms with van der Waals surface area (Å²) in [7, 11) is 2.99. The zero-order chi connectivity index (χ0) is 19.8. The lowest BCUT2D eigenvalue weighted by molar-refractivity contribution is -0.119. The monoisotopic (exact) mass is 375 g/mol. The van der Waals surface area contributed by atoms with Crippen LogP contribution in [0, 0.1) is 0 Å². The largest absolute Gasteiger partial charge is 0.497 e. The van der Waals surface area contributed by atoms with Gasteiger partial charge in [0.15, 0.2) is 12.3 Å². The van der Waals surface area contributed by atoms with Crippen LogP contribution in [0.25, 0.3) is 0 Å². The molecule has 1 aromatic carbocycles. The van der Waals surface area contributed by atoms with Crippen LogP contribution in [0.1, 0.15) is 23.8 Å². The summed E-state index contributed by atoms with van der Waals surface area (Å²) in [6.45, 7) is 1.77. The molecule has 2 aromatic rings. The third-order valence-corrected chi connectivity index (χ3v) is 3.48. The molecule has 27 heavy (non-hydrogen) atoms. The summed E-state index contributed by atoms with van der Waals surface area (Å²) in [6.07, 6.45) is 0.692. The topological polar surface area (TPSA) is 109 Å². The Balaban J connectivity index is 1.98. The molecule has 0 aliphatic heterocycles. The molecule has 9 nitrogen and oxygen atoms in total. The van der Waals surface area contributed by atoms with Gasteiger partial charge in [-0.1, -0.05) is 6.92 Å². The summed E-state index contributed by atoms with van der Waals surface area (Å²) in [5.41, 5.74) is 0.0823. The zero-order valence-corrected chi connectivity index (χ0v) is 15.4. The number of aromatic nitrogens is 2. The van der Waals surface area contributed by atoms with E-state index in [9.17, 15) is 14.4 Å². The minimum atomic E-state index is -0.793. The number of anilines is 1. The summed E-state index contributed by atoms with van der Waals surface area (Å²) in [6, 6.07) is 7.37. The van der Waals surface area contributed by atoms with Crippen molar-refractivity contribution in [2.75, 3.05) is 26.1 Å². The van der Waals surface area contributed by atoms with Gasteiger partial charge in [-0.25, -0.2) is 9.48 Å². The highest BCUT2D eigenvalue weighted by Gasteiger charge is 2.14. The highest BCUT2D eigenvalue weighted by atomic mass is 16.5. The molecule has 0 unspecified atom stereocenters. The number of hydrogen-bond acceptors (Lipinski definition) is 7. The van der Waals surface area contributed by atoms with Gasteiger partial charge in [-0.05, 0) is 12.5 Å². The molecule has 0 bridgehead atoms. The number of carbonyl (C=O) groups excluding carboxylic acids is 2. The molecule has 1 heterocycles. The molecule has 0 atom stereocenters. The molecule has 0 radical (unpaired) electrons. The predicted octanol–water partition coefficient (Wildman–Crippen LogP) is 1.47. The maximum atomic E-state index is 12.1. The van der Waals surface area contributed by atoms with Crippen LogP contribution >= 0.6 is 0 Å². The molecule has 0 saturated heterocycles. The quantitative estimate of drug-likeness (QED) is 0.696. The van der Waals surface area contributed by atoms with E-state index in [0.29, 0.717) is 30.2 Å². The fourth-order valence-electron chi connectivity index (χ4n) is 2.21. The Morgan fingerprint density at radius 1 is 1.11 bits per heavy atom. The maximum absolute atomic E-state index is 12.1. The number of nitrogens with zero attached hydrogens (tertiary/aromatic N) is 2. The van der Waals surface area contributed by atoms with E-state index in [1.807, 2.05) is 6.92 Å². The minimum absolute atomic E-state index is 0.0427. The predicted molar refractivity (Wildman–Crippen MR) is 97.2 cm³/mol. The molecule has 2 rings (SSSR count). The van der Waals surface area contributed by atoms with Gasteiger partial charge in [-0.2, -0.15) is 5.10 Å². The van der Waals surface area contributed by atoms with Crippen molar-refractivity contribution in [2.45, 2.75) is 19.9 Å². The molecule has 1 N–H and O–H groups in total. The van der Waals surface area contributed by atoms with E-state index in [1.165, 1.54) is 31.0 Å². The van der Waals surface area contributed by atoms with Crippen LogP contribution in [-0.2, 0) is 16.1 Å². The van der Waals surface area contributed by atoms with Gasteiger partial charge in [0.05, 0.1) is 14.2 Å². The smallest absolute Gasteiger partial charge is 0.359 e. The Morgan fingerprint density at radius 2 is 1.78 bits per heavy atom. The number of carbonyl (C=O) groups is 2. The van der Waals surface area contributed by atoms with Gasteiger partial charge in [0.25, 0.3) is 11.5 Å². The number of aryl methyl sites for hydroxylation is 1. The fraction of sp³-hybridized carbons (Fsp3) is 0.333. The summed E-state index contributed by atoms with van der Waals surface area (Å²) in [5.74, 6) is -0.327. The molecule has 0 spiro atoms. The normalized spacial score (nSPS) is 10.2. The fourth-order valence-corrected chi connectivity index (χ4v) is 2.21. The number of methoxy groups -OCH3 is 2. The minimum Gasteiger partial charge on any atom is -0.497 e. The van der Waals surface area contributed by atoms with Crippen LogP contribution in [0.5, 0.6) is 11.5 Å². The molecule has 144 valence electrons. The van der Waals surface area contributed by atoms with E-state index in [4.69, 9.17) is 14.2 Å². The number of esters is 1. The first-order chi connectivity index (χ1) is 13.0. The van der Waals surface area contributed by atoms with Gasteiger partial charge < -0.3 is 19.5 Å². The van der Waals surface area contributed by atoms with Gasteiger partial charge in [0.1, 0.15) is 11.5 Å². The summed E-state index contributed by atoms with van der Waals surface area (Å²) >= 11 is 0. The highest BCUT2D eigenvalue weighted by Crippen LogP contribution is 2.25. The van der Waals surface area contributed by atoms with E-state index >= 15 is 0 Å². The number of ether oxygens (including phenoxy) is 3. The molecule has 1 amide bonds. The molecule has 1 aromatic heterocycles. The van der Waals surface area contributed by atoms with Crippen molar-refractivity contribution in [3.05, 3.63) is 46.4 Å². The van der Waals surface area contributed by atoms with Crippen molar-refractivity contribution >= 4 is 17.6 Å². The van der Waals surface area contributed by atoms with Crippen molar-refractivity contribution in [1.29, 1.82) is 0 Å². The van der Waals surface area contributed by atoms with Crippen LogP contribution in [-0.4, -0.2) is 42.5 Å². The van der Waals surface area contributed by atoms with Gasteiger partial charge in [0, 0.05) is 36.5 Å². The first-order valence-electron chi connectivity index (χ1n) is 8.25. The summed E-state index contributed by atoms with van der Waals surface area (Å²) in [4.78, 5) is 35.7. The second-order valence-corrected chi connectivity index (χ2v) is 5.51. The lowest BCUT2D eigenvalue weighted by atomic mass is 10.2. The maximum Gasteiger partial charge on any atom is 0.359 e. The zero-order valence-electron chi connectivity index (χ0n) is 15.4. The van der Waals surface area contributed by atoms with Crippen LogP contribution < -0.4 is 20.3 Å². The molecular weight excluding hydrogens is 354 g/mol. The first kappa shape index (κ1) is 20.0. The second-order valence-electron chi connectivity index (χ2n) is 5.51. The number of benzene rings is 1. The van der Waals surface area contributed by atoms with E-state index in [1.54, 1.807) is 18.2 Å². The van der Waals surface area contributed by atoms with Crippen LogP contribution in [0.4, 0.5) is 5.69 Å². The van der Waals surface area contributed by atoms with E-state index in [-0.39, 0.29) is 11.3 Å². The lowest BCUT2D eigenvalue weighted by Crippen LogP contribution is -2.26. The Labute approximate surface area is 155 Å². The Bertz CT molecular complexity index is 855. The molecule has 0 aliphatic rings. The Hall–Kier alpha value is -3.36. The van der Waals surface area contributed by atoms with Gasteiger partial charge in [-0.15, -0.1) is 0 Å². The van der Waals surface area contributed by atoms with E-state index < -0.39 is 18.5 Å². The molecular formula is C18H21N3O6. The average Bonchev–Trinajstić information content (AvgIpc) is 2.67. The Morgan fingerprint density at radius 3 is 2.37 bits per heavy atom. The summed E-state index contributed by atoms with van der Waals surface area (Å²) < 4.78 is 16.4. The van der Waals surface area contributed by atoms with Crippen LogP contribution in [0.3, 0.4) is 0 Å². The van der Waals surface area contributed by atoms with Gasteiger partial charge in [0.2, 0.25) is 0 Å². The first-order valence-corrected chi connectivity index (χ1v) is 8.25. The van der Waals surface area contributed by atoms with Crippen molar-refractivity contribution < 1.29 is 23.8 Å². The number of nitrogens with one attached hydrogen (secondary N) is 1. The highest BCUT2D eigenvalue weighted by molar-refractivity contribution is 5.95. The number of hydrogen-bond donors (Lipinski definition) is 1. The second kappa shape index (κ2) is 9.37. The molecule has 0 aliphatic carbocycles. The van der Waals surface area contributed by atoms with Crippen LogP contribution in [0.2, 0.25) is 0 Å². The van der Waals surface area contributed by atoms with Gasteiger partial charge in [-0.3, -0.25) is 9.59 Å². The standard InChI is InChI=1S/C18H21N3O6/c1-4-7-21-17(23)6-5-15(20-21)18(24)27-11-16(22)19-12-8-13(25-2)10-14(9-12)26-3/h5-6,8-10H,4,7,11H2,1-3H3,(H,19,22). The Kier molecular flexibility index (Phi) is 6.93. The van der Waals surface area contributed by atoms with Crippen molar-refractivity contribution in [1.82, 2.24) is 9.78 Å².